The van der Waals surface area contributed by atoms with Gasteiger partial charge in [0.1, 0.15) is 0 Å². The van der Waals surface area contributed by atoms with Gasteiger partial charge >= 0.3 is 78.2 Å². The Labute approximate surface area is 110 Å². The van der Waals surface area contributed by atoms with Crippen LogP contribution < -0.4 is 71.7 Å². The molecule has 0 N–H and O–H groups in total. The van der Waals surface area contributed by atoms with Crippen LogP contribution in [-0.2, 0) is 13.2 Å². The number of rotatable bonds is 0. The van der Waals surface area contributed by atoms with Gasteiger partial charge < -0.3 is 34.0 Å². The minimum atomic E-state index is -0.250. The first-order valence-electron chi connectivity index (χ1n) is 0.535. The Hall–Kier alpha value is 3.74. The first kappa shape index (κ1) is 30.9. The molecule has 0 rings (SSSR count). The van der Waals surface area contributed by atoms with Crippen molar-refractivity contribution >= 4 is 27.2 Å². The molecule has 0 bridgehead atoms. The van der Waals surface area contributed by atoms with E-state index in [2.05, 4.69) is 27.2 Å². The second kappa shape index (κ2) is 33.1. The zero-order valence-electron chi connectivity index (χ0n) is 4.22. The maximum atomic E-state index is 3.25. The van der Waals surface area contributed by atoms with E-state index in [0.717, 1.165) is 0 Å². The molecule has 0 saturated heterocycles. The van der Waals surface area contributed by atoms with Crippen molar-refractivity contribution in [2.75, 3.05) is 0 Å². The molecule has 0 heterocycles. The molecule has 7 heavy (non-hydrogen) atoms. The van der Waals surface area contributed by atoms with Crippen molar-refractivity contribution in [3.8, 4) is 0 Å². The number of halogens is 4. The third-order valence-electron chi connectivity index (χ3n) is 0. The Kier molecular flexibility index (Phi) is 146. The van der Waals surface area contributed by atoms with E-state index in [-0.39, 0.29) is 84.9 Å². The molecule has 0 nitrogen and oxygen atoms in total. The fourth-order valence-corrected chi connectivity index (χ4v) is 0. The van der Waals surface area contributed by atoms with E-state index in [1.54, 1.807) is 0 Å². The third-order valence-corrected chi connectivity index (χ3v) is 0. The first-order valence-corrected chi connectivity index (χ1v) is 14.4. The molecule has 0 atom stereocenters. The summed E-state index contributed by atoms with van der Waals surface area (Å²) in [6.07, 6.45) is 0. The van der Waals surface area contributed by atoms with Crippen LogP contribution in [0.2, 0.25) is 0 Å². The average molecular weight is 399 g/mol. The monoisotopic (exact) mass is 394 g/mol. The van der Waals surface area contributed by atoms with E-state index in [4.69, 9.17) is 0 Å². The number of hydrogen-bond acceptors (Lipinski definition) is 0. The van der Waals surface area contributed by atoms with Gasteiger partial charge in [0.2, 0.25) is 0 Å². The molecule has 7 heteroatoms. The molecular weight excluding hydrogens is 399 g/mol. The zero-order chi connectivity index (χ0) is 2.71. The quantitative estimate of drug-likeness (QED) is 0.356. The summed E-state index contributed by atoms with van der Waals surface area (Å²) in [4.78, 5) is 0. The van der Waals surface area contributed by atoms with Crippen molar-refractivity contribution in [3.05, 3.63) is 0 Å². The Morgan fingerprint density at radius 1 is 0.857 bits per heavy atom. The molecule has 0 aromatic carbocycles. The van der Waals surface area contributed by atoms with Crippen molar-refractivity contribution in [1.82, 2.24) is 0 Å². The molecule has 0 aliphatic rings. The van der Waals surface area contributed by atoms with E-state index in [9.17, 15) is 0 Å². The third kappa shape index (κ3) is 41.7. The topological polar surface area (TPSA) is 0 Å². The van der Waals surface area contributed by atoms with Crippen molar-refractivity contribution in [1.29, 1.82) is 0 Å². The zero-order valence-corrected chi connectivity index (χ0v) is 13.5. The fourth-order valence-electron chi connectivity index (χ4n) is 0. The number of hydrogen-bond donors (Lipinski definition) is 0. The van der Waals surface area contributed by atoms with Gasteiger partial charge in [-0.05, 0) is 0 Å². The summed E-state index contributed by atoms with van der Waals surface area (Å²) in [6.45, 7) is 0. The second-order valence-electron chi connectivity index (χ2n) is 0.101. The standard InChI is InChI=1S/4BrH.2Li.Zn/h4*1H;;;/q;;;;2*+1;+2/p-4. The Balaban J connectivity index is -0.00000000333. The van der Waals surface area contributed by atoms with Crippen LogP contribution in [0.1, 0.15) is 0 Å². The van der Waals surface area contributed by atoms with Gasteiger partial charge in [0.25, 0.3) is 0 Å². The van der Waals surface area contributed by atoms with Gasteiger partial charge in [-0.3, -0.25) is 0 Å². The largest absolute Gasteiger partial charge is 1.00 e. The van der Waals surface area contributed by atoms with E-state index in [0.29, 0.717) is 0 Å². The molecule has 0 radical (unpaired) electrons. The van der Waals surface area contributed by atoms with Crippen LogP contribution in [0.25, 0.3) is 0 Å². The van der Waals surface area contributed by atoms with Gasteiger partial charge in [-0.2, -0.15) is 0 Å². The molecule has 0 aliphatic carbocycles. The summed E-state index contributed by atoms with van der Waals surface area (Å²) >= 11 is 6.25. The fraction of sp³-hybridized carbons (Fsp3) is 0. The van der Waals surface area contributed by atoms with E-state index in [1.165, 1.54) is 0 Å². The van der Waals surface area contributed by atoms with E-state index in [1.807, 2.05) is 0 Å². The molecule has 0 amide bonds. The van der Waals surface area contributed by atoms with E-state index >= 15 is 0 Å². The first-order chi connectivity index (χ1) is 1.41. The Bertz CT molecular complexity index is 9.65. The van der Waals surface area contributed by atoms with Crippen LogP contribution in [0.5, 0.6) is 0 Å². The van der Waals surface area contributed by atoms with Gasteiger partial charge in [0, 0.05) is 0 Å². The summed E-state index contributed by atoms with van der Waals surface area (Å²) in [5, 5.41) is 0. The van der Waals surface area contributed by atoms with Crippen LogP contribution >= 0.6 is 27.2 Å². The smallest absolute Gasteiger partial charge is 1.00 e. The molecular formula is Br4Li2Zn. The van der Waals surface area contributed by atoms with Crippen LogP contribution in [0.15, 0.2) is 0 Å². The van der Waals surface area contributed by atoms with Gasteiger partial charge in [0.05, 0.1) is 0 Å². The molecule has 32 valence electrons. The summed E-state index contributed by atoms with van der Waals surface area (Å²) < 4.78 is 0. The maximum absolute atomic E-state index is 3.25. The van der Waals surface area contributed by atoms with Gasteiger partial charge in [0.15, 0.2) is 0 Å². The molecule has 0 aromatic heterocycles. The normalized spacial score (nSPS) is 1.43. The molecule has 0 unspecified atom stereocenters. The molecule has 0 spiro atoms. The molecule has 0 aromatic rings. The Morgan fingerprint density at radius 2 is 0.857 bits per heavy atom. The minimum absolute atomic E-state index is 0. The van der Waals surface area contributed by atoms with Crippen LogP contribution in [0, 0.1) is 0 Å². The predicted octanol–water partition coefficient (Wildman–Crippen LogP) is -10.3. The van der Waals surface area contributed by atoms with Crippen LogP contribution in [0.3, 0.4) is 0 Å². The van der Waals surface area contributed by atoms with Gasteiger partial charge in [-0.15, -0.1) is 0 Å². The second-order valence-corrected chi connectivity index (χ2v) is 14.2. The van der Waals surface area contributed by atoms with Crippen LogP contribution in [0.4, 0.5) is 0 Å². The molecule has 0 saturated carbocycles. The van der Waals surface area contributed by atoms with Gasteiger partial charge in [-0.25, -0.2) is 0 Å². The van der Waals surface area contributed by atoms with Crippen molar-refractivity contribution in [3.63, 3.8) is 0 Å². The van der Waals surface area contributed by atoms with Crippen LogP contribution in [-0.4, -0.2) is 0 Å². The predicted molar refractivity (Wildman–Crippen MR) is 17.9 cm³/mol. The molecule has 0 aliphatic heterocycles. The van der Waals surface area contributed by atoms with Gasteiger partial charge in [-0.1, -0.05) is 0 Å². The average Bonchev–Trinajstić information content (AvgIpc) is 0.918. The summed E-state index contributed by atoms with van der Waals surface area (Å²) in [7, 11) is 0. The molecule has 0 fully saturated rings. The van der Waals surface area contributed by atoms with Crippen molar-refractivity contribution in [2.45, 2.75) is 0 Å². The maximum Gasteiger partial charge on any atom is 1.00 e. The minimum Gasteiger partial charge on any atom is 1.00 e. The van der Waals surface area contributed by atoms with Crippen molar-refractivity contribution < 1.29 is 84.9 Å². The summed E-state index contributed by atoms with van der Waals surface area (Å²) in [5.74, 6) is 0. The summed E-state index contributed by atoms with van der Waals surface area (Å²) in [6, 6.07) is 0. The Morgan fingerprint density at radius 3 is 0.857 bits per heavy atom. The summed E-state index contributed by atoms with van der Waals surface area (Å²) in [5.41, 5.74) is 0. The van der Waals surface area contributed by atoms with Crippen molar-refractivity contribution in [2.24, 2.45) is 0 Å². The SMILES string of the molecule is [Br-].[Br-].[Br][Zn][Br].[Li+].[Li+]. The van der Waals surface area contributed by atoms with E-state index < -0.39 is 0 Å².